The molecule has 5 nitrogen and oxygen atoms in total. The van der Waals surface area contributed by atoms with E-state index in [1.807, 2.05) is 0 Å². The first-order valence-corrected chi connectivity index (χ1v) is 7.86. The van der Waals surface area contributed by atoms with Crippen molar-refractivity contribution in [1.82, 2.24) is 9.03 Å². The van der Waals surface area contributed by atoms with Gasteiger partial charge in [0.15, 0.2) is 0 Å². The number of rotatable bonds is 7. The second-order valence-corrected chi connectivity index (χ2v) is 6.54. The van der Waals surface area contributed by atoms with Crippen LogP contribution in [0.4, 0.5) is 0 Å². The van der Waals surface area contributed by atoms with Gasteiger partial charge in [-0.15, -0.1) is 0 Å². The number of nitrogens with one attached hydrogen (secondary N) is 1. The van der Waals surface area contributed by atoms with Crippen molar-refractivity contribution in [3.63, 3.8) is 0 Å². The molecule has 102 valence electrons. The number of unbranched alkanes of at least 4 members (excludes halogenated alkanes) is 2. The lowest BCUT2D eigenvalue weighted by atomic mass is 10.0. The van der Waals surface area contributed by atoms with Crippen molar-refractivity contribution >= 4 is 10.2 Å². The summed E-state index contributed by atoms with van der Waals surface area (Å²) in [4.78, 5) is 0. The first kappa shape index (κ1) is 14.9. The van der Waals surface area contributed by atoms with Crippen LogP contribution in [0.2, 0.25) is 0 Å². The summed E-state index contributed by atoms with van der Waals surface area (Å²) < 4.78 is 28.0. The third-order valence-corrected chi connectivity index (χ3v) is 4.66. The molecule has 0 aromatic carbocycles. The number of aliphatic hydroxyl groups is 1. The molecule has 2 N–H and O–H groups in total. The van der Waals surface area contributed by atoms with Crippen LogP contribution >= 0.6 is 0 Å². The predicted molar refractivity (Wildman–Crippen MR) is 67.8 cm³/mol. The number of hydrogen-bond donors (Lipinski definition) is 2. The maximum absolute atomic E-state index is 11.9. The smallest absolute Gasteiger partial charge is 0.279 e. The summed E-state index contributed by atoms with van der Waals surface area (Å²) in [6, 6.07) is 0. The second-order valence-electron chi connectivity index (χ2n) is 4.79. The molecule has 0 radical (unpaired) electrons. The molecule has 1 aliphatic rings. The highest BCUT2D eigenvalue weighted by Crippen LogP contribution is 2.17. The third kappa shape index (κ3) is 5.33. The minimum Gasteiger partial charge on any atom is -0.396 e. The first-order chi connectivity index (χ1) is 8.06. The number of aliphatic hydroxyl groups excluding tert-OH is 1. The third-order valence-electron chi connectivity index (χ3n) is 3.08. The Kier molecular flexibility index (Phi) is 6.40. The minimum atomic E-state index is -3.28. The summed E-state index contributed by atoms with van der Waals surface area (Å²) in [5.41, 5.74) is 0. The zero-order chi connectivity index (χ0) is 12.7. The fourth-order valence-corrected chi connectivity index (χ4v) is 3.48. The Labute approximate surface area is 104 Å². The van der Waals surface area contributed by atoms with Crippen molar-refractivity contribution in [2.45, 2.75) is 39.0 Å². The summed E-state index contributed by atoms with van der Waals surface area (Å²) in [5, 5.41) is 8.61. The van der Waals surface area contributed by atoms with Gasteiger partial charge in [0.25, 0.3) is 10.2 Å². The number of nitrogens with zero attached hydrogens (tertiary/aromatic N) is 1. The normalized spacial score (nSPS) is 22.8. The van der Waals surface area contributed by atoms with Crippen molar-refractivity contribution in [2.75, 3.05) is 26.2 Å². The van der Waals surface area contributed by atoms with Crippen LogP contribution in [0.5, 0.6) is 0 Å². The summed E-state index contributed by atoms with van der Waals surface area (Å²) in [6.45, 7) is 3.99. The van der Waals surface area contributed by atoms with Gasteiger partial charge in [0, 0.05) is 26.2 Å². The molecular weight excluding hydrogens is 240 g/mol. The second kappa shape index (κ2) is 7.31. The highest BCUT2D eigenvalue weighted by Gasteiger charge is 2.26. The quantitative estimate of drug-likeness (QED) is 0.666. The molecule has 1 aliphatic heterocycles. The first-order valence-electron chi connectivity index (χ1n) is 6.42. The van der Waals surface area contributed by atoms with Gasteiger partial charge in [-0.3, -0.25) is 0 Å². The molecule has 1 unspecified atom stereocenters. The van der Waals surface area contributed by atoms with Crippen molar-refractivity contribution in [2.24, 2.45) is 5.92 Å². The molecule has 1 heterocycles. The lowest BCUT2D eigenvalue weighted by molar-refractivity contribution is 0.277. The summed E-state index contributed by atoms with van der Waals surface area (Å²) >= 11 is 0. The van der Waals surface area contributed by atoms with E-state index in [1.54, 1.807) is 4.31 Å². The SMILES string of the molecule is CC1CCCN(S(=O)(=O)NCCCCCO)C1. The van der Waals surface area contributed by atoms with Gasteiger partial charge < -0.3 is 5.11 Å². The van der Waals surface area contributed by atoms with E-state index in [0.29, 0.717) is 25.6 Å². The van der Waals surface area contributed by atoms with E-state index in [4.69, 9.17) is 5.11 Å². The van der Waals surface area contributed by atoms with Gasteiger partial charge in [0.1, 0.15) is 0 Å². The molecule has 1 atom stereocenters. The fourth-order valence-electron chi connectivity index (χ4n) is 2.07. The Bertz CT molecular complexity index is 306. The molecule has 0 spiro atoms. The Morgan fingerprint density at radius 1 is 1.35 bits per heavy atom. The van der Waals surface area contributed by atoms with Gasteiger partial charge in [-0.25, -0.2) is 4.72 Å². The van der Waals surface area contributed by atoms with Gasteiger partial charge in [0.2, 0.25) is 0 Å². The van der Waals surface area contributed by atoms with E-state index in [-0.39, 0.29) is 6.61 Å². The predicted octanol–water partition coefficient (Wildman–Crippen LogP) is 0.715. The zero-order valence-electron chi connectivity index (χ0n) is 10.6. The van der Waals surface area contributed by atoms with E-state index in [0.717, 1.165) is 32.1 Å². The van der Waals surface area contributed by atoms with Crippen LogP contribution in [0.25, 0.3) is 0 Å². The molecule has 0 saturated carbocycles. The molecule has 1 fully saturated rings. The molecule has 0 bridgehead atoms. The van der Waals surface area contributed by atoms with Gasteiger partial charge in [-0.1, -0.05) is 6.92 Å². The van der Waals surface area contributed by atoms with Gasteiger partial charge >= 0.3 is 0 Å². The van der Waals surface area contributed by atoms with Gasteiger partial charge in [-0.05, 0) is 38.0 Å². The maximum Gasteiger partial charge on any atom is 0.279 e. The van der Waals surface area contributed by atoms with Crippen LogP contribution in [0.15, 0.2) is 0 Å². The lowest BCUT2D eigenvalue weighted by Gasteiger charge is -2.29. The van der Waals surface area contributed by atoms with E-state index in [9.17, 15) is 8.42 Å². The minimum absolute atomic E-state index is 0.177. The summed E-state index contributed by atoms with van der Waals surface area (Å²) in [7, 11) is -3.28. The zero-order valence-corrected chi connectivity index (χ0v) is 11.4. The van der Waals surface area contributed by atoms with Crippen molar-refractivity contribution in [3.8, 4) is 0 Å². The van der Waals surface area contributed by atoms with Crippen molar-refractivity contribution in [1.29, 1.82) is 0 Å². The van der Waals surface area contributed by atoms with Crippen LogP contribution in [0, 0.1) is 5.92 Å². The van der Waals surface area contributed by atoms with Gasteiger partial charge in [-0.2, -0.15) is 12.7 Å². The van der Waals surface area contributed by atoms with Crippen LogP contribution < -0.4 is 4.72 Å². The molecule has 1 rings (SSSR count). The van der Waals surface area contributed by atoms with E-state index >= 15 is 0 Å². The molecule has 6 heteroatoms. The highest BCUT2D eigenvalue weighted by atomic mass is 32.2. The molecule has 1 saturated heterocycles. The van der Waals surface area contributed by atoms with Crippen LogP contribution in [0.3, 0.4) is 0 Å². The summed E-state index contributed by atoms with van der Waals surface area (Å²) in [5.74, 6) is 0.453. The molecule has 0 aliphatic carbocycles. The largest absolute Gasteiger partial charge is 0.396 e. The molecule has 0 amide bonds. The summed E-state index contributed by atoms with van der Waals surface area (Å²) in [6.07, 6.45) is 4.44. The fraction of sp³-hybridized carbons (Fsp3) is 1.00. The number of piperidine rings is 1. The number of hydrogen-bond acceptors (Lipinski definition) is 3. The van der Waals surface area contributed by atoms with E-state index in [2.05, 4.69) is 11.6 Å². The monoisotopic (exact) mass is 264 g/mol. The van der Waals surface area contributed by atoms with Gasteiger partial charge in [0.05, 0.1) is 0 Å². The van der Waals surface area contributed by atoms with E-state index < -0.39 is 10.2 Å². The van der Waals surface area contributed by atoms with Crippen LogP contribution in [-0.4, -0.2) is 44.1 Å². The van der Waals surface area contributed by atoms with Crippen LogP contribution in [-0.2, 0) is 10.2 Å². The molecule has 17 heavy (non-hydrogen) atoms. The Morgan fingerprint density at radius 2 is 2.12 bits per heavy atom. The lowest BCUT2D eigenvalue weighted by Crippen LogP contribution is -2.45. The maximum atomic E-state index is 11.9. The highest BCUT2D eigenvalue weighted by molar-refractivity contribution is 7.87. The Hall–Kier alpha value is -0.170. The van der Waals surface area contributed by atoms with Crippen molar-refractivity contribution < 1.29 is 13.5 Å². The van der Waals surface area contributed by atoms with E-state index in [1.165, 1.54) is 0 Å². The van der Waals surface area contributed by atoms with Crippen molar-refractivity contribution in [3.05, 3.63) is 0 Å². The standard InChI is InChI=1S/C11H24N2O3S/c1-11-6-5-8-13(10-11)17(15,16)12-7-3-2-4-9-14/h11-12,14H,2-10H2,1H3. The average Bonchev–Trinajstić information content (AvgIpc) is 2.29. The Balaban J connectivity index is 2.29. The average molecular weight is 264 g/mol. The van der Waals surface area contributed by atoms with Crippen LogP contribution in [0.1, 0.15) is 39.0 Å². The molecule has 0 aromatic rings. The topological polar surface area (TPSA) is 69.6 Å². The Morgan fingerprint density at radius 3 is 2.76 bits per heavy atom. The molecular formula is C11H24N2O3S. The molecule has 0 aromatic heterocycles.